The first kappa shape index (κ1) is 32.3. The Bertz CT molecular complexity index is 1340. The Balaban J connectivity index is 0.000000520. The fraction of sp³-hybridized carbons (Fsp3) is 0.393. The lowest BCUT2D eigenvalue weighted by atomic mass is 10.0. The van der Waals surface area contributed by atoms with Crippen molar-refractivity contribution >= 4 is 51.2 Å². The minimum absolute atomic E-state index is 0.0656. The van der Waals surface area contributed by atoms with Gasteiger partial charge in [-0.05, 0) is 29.8 Å². The normalized spacial score (nSPS) is 19.0. The first-order chi connectivity index (χ1) is 20.7. The number of nitrogens with one attached hydrogen (secondary N) is 1. The molecule has 2 saturated heterocycles. The lowest BCUT2D eigenvalue weighted by Crippen LogP contribution is -2.69. The molecule has 4 heterocycles. The van der Waals surface area contributed by atoms with E-state index in [0.717, 1.165) is 11.5 Å². The number of carbonyl (C=O) groups excluding carboxylic acids is 3. The highest BCUT2D eigenvalue weighted by atomic mass is 79.9. The van der Waals surface area contributed by atoms with Crippen LogP contribution in [0, 0.1) is 10.1 Å². The molecule has 2 fully saturated rings. The number of amides is 2. The van der Waals surface area contributed by atoms with Gasteiger partial charge in [0.15, 0.2) is 5.70 Å². The number of fused-ring (bicyclic) bond motifs is 2. The zero-order valence-electron chi connectivity index (χ0n) is 23.5. The number of hydrogen-bond acceptors (Lipinski definition) is 11. The lowest BCUT2D eigenvalue weighted by Gasteiger charge is -2.47. The molecule has 0 spiro atoms. The number of benzene rings is 2. The number of morpholine rings is 1. The molecule has 2 bridgehead atoms. The molecule has 2 atom stereocenters. The molecule has 6 rings (SSSR count). The zero-order valence-corrected chi connectivity index (χ0v) is 25.9. The van der Waals surface area contributed by atoms with Crippen molar-refractivity contribution in [1.82, 2.24) is 15.1 Å². The Morgan fingerprint density at radius 1 is 1.16 bits per heavy atom. The second-order valence-electron chi connectivity index (χ2n) is 9.46. The number of carbonyl (C=O) groups is 3. The van der Waals surface area contributed by atoms with Gasteiger partial charge in [-0.3, -0.25) is 24.6 Å². The second-order valence-corrected chi connectivity index (χ2v) is 11.1. The summed E-state index contributed by atoms with van der Waals surface area (Å²) in [7, 11) is 1.51. The van der Waals surface area contributed by atoms with E-state index in [4.69, 9.17) is 18.9 Å². The number of allylic oxidation sites excluding steroid dienone is 1. The number of non-ortho nitro benzene ring substituents is 1. The van der Waals surface area contributed by atoms with Crippen LogP contribution in [0.15, 0.2) is 59.9 Å². The van der Waals surface area contributed by atoms with Gasteiger partial charge in [0.2, 0.25) is 5.91 Å². The molecule has 2 aromatic carbocycles. The quantitative estimate of drug-likeness (QED) is 0.0605. The predicted octanol–water partition coefficient (Wildman–Crippen LogP) is 3.38. The number of halogens is 1. The number of thioether (sulfide) groups is 1. The Morgan fingerprint density at radius 2 is 1.81 bits per heavy atom. The number of likely N-dealkylation sites (tertiary alicyclic amines) is 1. The number of rotatable bonds is 11. The molecule has 15 heteroatoms. The van der Waals surface area contributed by atoms with Gasteiger partial charge in [-0.15, -0.1) is 11.8 Å². The largest absolute Gasteiger partial charge is 0.457 e. The van der Waals surface area contributed by atoms with Crippen LogP contribution in [0.2, 0.25) is 0 Å². The summed E-state index contributed by atoms with van der Waals surface area (Å²) in [5.41, 5.74) is 1.10. The lowest BCUT2D eigenvalue weighted by molar-refractivity contribution is -0.384. The Labute approximate surface area is 260 Å². The summed E-state index contributed by atoms with van der Waals surface area (Å²) < 4.78 is 21.2. The van der Waals surface area contributed by atoms with Gasteiger partial charge >= 0.3 is 5.97 Å². The predicted molar refractivity (Wildman–Crippen MR) is 160 cm³/mol. The highest BCUT2D eigenvalue weighted by molar-refractivity contribution is 9.09. The van der Waals surface area contributed by atoms with Crippen LogP contribution >= 0.6 is 27.7 Å². The van der Waals surface area contributed by atoms with Crippen molar-refractivity contribution < 1.29 is 38.3 Å². The minimum Gasteiger partial charge on any atom is -0.457 e. The monoisotopic (exact) mass is 678 g/mol. The summed E-state index contributed by atoms with van der Waals surface area (Å²) in [4.78, 5) is 52.0. The number of esters is 1. The van der Waals surface area contributed by atoms with Gasteiger partial charge in [-0.1, -0.05) is 22.0 Å². The summed E-state index contributed by atoms with van der Waals surface area (Å²) in [6.07, 6.45) is 0. The highest BCUT2D eigenvalue weighted by Crippen LogP contribution is 2.37. The van der Waals surface area contributed by atoms with Crippen LogP contribution in [-0.2, 0) is 35.2 Å². The van der Waals surface area contributed by atoms with Gasteiger partial charge < -0.3 is 29.2 Å². The number of alkyl halides is 1. The van der Waals surface area contributed by atoms with Crippen molar-refractivity contribution in [2.75, 3.05) is 44.7 Å². The van der Waals surface area contributed by atoms with E-state index < -0.39 is 28.2 Å². The fourth-order valence-corrected chi connectivity index (χ4v) is 6.09. The Kier molecular flexibility index (Phi) is 11.4. The van der Waals surface area contributed by atoms with Crippen LogP contribution in [0.3, 0.4) is 0 Å². The first-order valence-corrected chi connectivity index (χ1v) is 15.4. The van der Waals surface area contributed by atoms with Crippen LogP contribution in [0.4, 0.5) is 5.69 Å². The minimum atomic E-state index is -0.818. The van der Waals surface area contributed by atoms with E-state index in [1.807, 2.05) is 29.2 Å². The number of methoxy groups -OCH3 is 1. The van der Waals surface area contributed by atoms with Gasteiger partial charge in [-0.2, -0.15) is 0 Å². The number of nitrogens with zero attached hydrogens (tertiary/aromatic N) is 3. The highest BCUT2D eigenvalue weighted by Gasteiger charge is 2.52. The maximum Gasteiger partial charge on any atom is 0.357 e. The molecular weight excluding hydrogens is 648 g/mol. The molecule has 13 nitrogen and oxygen atoms in total. The summed E-state index contributed by atoms with van der Waals surface area (Å²) in [5.74, 6) is 0.669. The van der Waals surface area contributed by atoms with E-state index in [0.29, 0.717) is 37.6 Å². The molecule has 0 saturated carbocycles. The standard InChI is InChI=1S/C22H27BrN4O8S.C6H4O/c1-14(28)24-18-20(29)26(21(18)36-13-33-2)19(17(11-23)25-7-9-34-10-8-25)22(30)35-12-15-3-5-16(6-4-15)27(31)32;1-2-5-4-6(3-1)7-5/h3-6,18,21H,7-13H2,1-2H3,(H,24,28);1-4H. The summed E-state index contributed by atoms with van der Waals surface area (Å²) in [6.45, 7) is 3.14. The number of nitro benzene ring substituents is 1. The number of nitro groups is 1. The van der Waals surface area contributed by atoms with Crippen LogP contribution in [0.1, 0.15) is 12.5 Å². The van der Waals surface area contributed by atoms with Crippen LogP contribution in [-0.4, -0.2) is 88.6 Å². The molecule has 2 amide bonds. The van der Waals surface area contributed by atoms with Gasteiger partial charge in [0.05, 0.1) is 29.8 Å². The van der Waals surface area contributed by atoms with Gasteiger partial charge in [-0.25, -0.2) is 4.79 Å². The van der Waals surface area contributed by atoms with Crippen LogP contribution < -0.4 is 10.1 Å². The third kappa shape index (κ3) is 8.04. The third-order valence-electron chi connectivity index (χ3n) is 6.54. The van der Waals surface area contributed by atoms with E-state index in [1.165, 1.54) is 55.0 Å². The fourth-order valence-electron chi connectivity index (χ4n) is 4.46. The van der Waals surface area contributed by atoms with Crippen LogP contribution in [0.25, 0.3) is 0 Å². The molecule has 2 unspecified atom stereocenters. The van der Waals surface area contributed by atoms with E-state index in [1.54, 1.807) is 0 Å². The number of ether oxygens (including phenoxy) is 4. The molecule has 230 valence electrons. The van der Waals surface area contributed by atoms with E-state index in [-0.39, 0.29) is 35.2 Å². The van der Waals surface area contributed by atoms with Crippen molar-refractivity contribution in [3.63, 3.8) is 0 Å². The molecule has 0 aliphatic carbocycles. The Morgan fingerprint density at radius 3 is 2.30 bits per heavy atom. The summed E-state index contributed by atoms with van der Waals surface area (Å²) in [6, 6.07) is 12.7. The summed E-state index contributed by atoms with van der Waals surface area (Å²) in [5, 5.41) is 13.2. The number of hydrogen-bond donors (Lipinski definition) is 1. The van der Waals surface area contributed by atoms with Gasteiger partial charge in [0.1, 0.15) is 29.5 Å². The van der Waals surface area contributed by atoms with E-state index in [9.17, 15) is 24.5 Å². The molecule has 1 N–H and O–H groups in total. The van der Waals surface area contributed by atoms with Crippen molar-refractivity contribution in [3.05, 3.63) is 75.6 Å². The smallest absolute Gasteiger partial charge is 0.357 e. The topological polar surface area (TPSA) is 150 Å². The van der Waals surface area contributed by atoms with Crippen molar-refractivity contribution in [3.8, 4) is 11.5 Å². The van der Waals surface area contributed by atoms with Crippen molar-refractivity contribution in [2.45, 2.75) is 24.9 Å². The molecule has 4 aliphatic rings. The number of β-lactam (4-membered cyclic amide) rings is 1. The maximum absolute atomic E-state index is 13.5. The molecule has 2 aromatic rings. The molecule has 4 aliphatic heterocycles. The SMILES string of the molecule is COCSC1C(NC(C)=O)C(=O)N1C(C(=O)OCc1ccc([N+](=O)[O-])cc1)=C(CBr)N1CCOCC1.c1cc2cc(c1)O2. The van der Waals surface area contributed by atoms with Crippen LogP contribution in [0.5, 0.6) is 11.5 Å². The van der Waals surface area contributed by atoms with Crippen molar-refractivity contribution in [2.24, 2.45) is 0 Å². The van der Waals surface area contributed by atoms with Gasteiger partial charge in [0.25, 0.3) is 11.6 Å². The van der Waals surface area contributed by atoms with Crippen molar-refractivity contribution in [1.29, 1.82) is 0 Å². The third-order valence-corrected chi connectivity index (χ3v) is 8.27. The molecule has 0 aromatic heterocycles. The first-order valence-electron chi connectivity index (χ1n) is 13.2. The maximum atomic E-state index is 13.5. The van der Waals surface area contributed by atoms with E-state index in [2.05, 4.69) is 21.2 Å². The average Bonchev–Trinajstić information content (AvgIpc) is 3.01. The zero-order chi connectivity index (χ0) is 30.9. The van der Waals surface area contributed by atoms with E-state index >= 15 is 0 Å². The molecular formula is C28H31BrN4O9S. The molecule has 0 radical (unpaired) electrons. The van der Waals surface area contributed by atoms with Gasteiger partial charge in [0, 0.05) is 50.7 Å². The average molecular weight is 680 g/mol. The summed E-state index contributed by atoms with van der Waals surface area (Å²) >= 11 is 4.72. The Hall–Kier alpha value is -3.66. The molecule has 43 heavy (non-hydrogen) atoms. The second kappa shape index (κ2) is 15.2.